The molecule has 68 valence electrons. The van der Waals surface area contributed by atoms with Crippen molar-refractivity contribution in [2.75, 3.05) is 19.7 Å². The number of nitriles is 1. The lowest BCUT2D eigenvalue weighted by Crippen LogP contribution is -2.27. The Labute approximate surface area is 73.7 Å². The third-order valence-electron chi connectivity index (χ3n) is 2.35. The maximum absolute atomic E-state index is 8.30. The van der Waals surface area contributed by atoms with Gasteiger partial charge in [-0.2, -0.15) is 5.26 Å². The quantitative estimate of drug-likeness (QED) is 0.635. The van der Waals surface area contributed by atoms with Crippen LogP contribution in [0.5, 0.6) is 0 Å². The van der Waals surface area contributed by atoms with E-state index in [4.69, 9.17) is 10.00 Å². The van der Waals surface area contributed by atoms with Crippen LogP contribution in [0.15, 0.2) is 0 Å². The first-order valence-corrected chi connectivity index (χ1v) is 4.54. The van der Waals surface area contributed by atoms with Crippen molar-refractivity contribution < 1.29 is 4.74 Å². The van der Waals surface area contributed by atoms with Gasteiger partial charge in [-0.1, -0.05) is 0 Å². The monoisotopic (exact) mass is 168 g/mol. The van der Waals surface area contributed by atoms with Crippen molar-refractivity contribution in [3.8, 4) is 6.07 Å². The summed E-state index contributed by atoms with van der Waals surface area (Å²) in [6.07, 6.45) is 2.14. The summed E-state index contributed by atoms with van der Waals surface area (Å²) in [5.74, 6) is 0.642. The molecule has 0 saturated carbocycles. The van der Waals surface area contributed by atoms with Crippen LogP contribution >= 0.6 is 0 Å². The van der Waals surface area contributed by atoms with E-state index in [0.29, 0.717) is 18.4 Å². The molecule has 1 saturated heterocycles. The first-order valence-electron chi connectivity index (χ1n) is 4.54. The lowest BCUT2D eigenvalue weighted by molar-refractivity contribution is 0.105. The summed E-state index contributed by atoms with van der Waals surface area (Å²) in [4.78, 5) is 0. The zero-order valence-electron chi connectivity index (χ0n) is 7.55. The first kappa shape index (κ1) is 9.50. The van der Waals surface area contributed by atoms with E-state index in [0.717, 1.165) is 26.1 Å². The fraction of sp³-hybridized carbons (Fsp3) is 0.889. The number of nitrogens with one attached hydrogen (secondary N) is 1. The van der Waals surface area contributed by atoms with Gasteiger partial charge in [0, 0.05) is 26.1 Å². The Morgan fingerprint density at radius 3 is 3.08 bits per heavy atom. The molecule has 1 aliphatic rings. The molecule has 12 heavy (non-hydrogen) atoms. The van der Waals surface area contributed by atoms with Gasteiger partial charge in [-0.3, -0.25) is 0 Å². The molecule has 3 heteroatoms. The van der Waals surface area contributed by atoms with Crippen LogP contribution in [-0.2, 0) is 4.74 Å². The second-order valence-corrected chi connectivity index (χ2v) is 3.24. The second kappa shape index (κ2) is 5.13. The molecule has 3 nitrogen and oxygen atoms in total. The number of nitrogens with zero attached hydrogens (tertiary/aromatic N) is 1. The second-order valence-electron chi connectivity index (χ2n) is 3.24. The standard InChI is InChI=1S/C9H16N2O/c1-8-9(3-6-12-8)7-11-5-2-4-10/h8-9,11H,2-3,5-7H2,1H3. The van der Waals surface area contributed by atoms with Gasteiger partial charge in [0.25, 0.3) is 0 Å². The Kier molecular flexibility index (Phi) is 4.06. The van der Waals surface area contributed by atoms with E-state index in [1.807, 2.05) is 0 Å². The first-order chi connectivity index (χ1) is 5.84. The lowest BCUT2D eigenvalue weighted by atomic mass is 10.0. The molecule has 1 N–H and O–H groups in total. The van der Waals surface area contributed by atoms with Crippen LogP contribution in [0.3, 0.4) is 0 Å². The predicted octanol–water partition coefficient (Wildman–Crippen LogP) is 0.915. The van der Waals surface area contributed by atoms with Gasteiger partial charge in [-0.05, 0) is 19.3 Å². The van der Waals surface area contributed by atoms with E-state index >= 15 is 0 Å². The van der Waals surface area contributed by atoms with Crippen LogP contribution in [0.2, 0.25) is 0 Å². The SMILES string of the molecule is CC1OCCC1CNCCC#N. The molecular weight excluding hydrogens is 152 g/mol. The Balaban J connectivity index is 2.03. The van der Waals surface area contributed by atoms with Crippen molar-refractivity contribution in [1.82, 2.24) is 5.32 Å². The number of ether oxygens (including phenoxy) is 1. The predicted molar refractivity (Wildman–Crippen MR) is 46.6 cm³/mol. The van der Waals surface area contributed by atoms with Gasteiger partial charge < -0.3 is 10.1 Å². The average molecular weight is 168 g/mol. The van der Waals surface area contributed by atoms with Crippen molar-refractivity contribution in [3.63, 3.8) is 0 Å². The molecule has 0 aliphatic carbocycles. The Morgan fingerprint density at radius 2 is 2.50 bits per heavy atom. The molecule has 0 spiro atoms. The van der Waals surface area contributed by atoms with E-state index < -0.39 is 0 Å². The van der Waals surface area contributed by atoms with Crippen molar-refractivity contribution in [3.05, 3.63) is 0 Å². The van der Waals surface area contributed by atoms with E-state index in [9.17, 15) is 0 Å². The average Bonchev–Trinajstić information content (AvgIpc) is 2.46. The minimum Gasteiger partial charge on any atom is -0.378 e. The van der Waals surface area contributed by atoms with Gasteiger partial charge >= 0.3 is 0 Å². The summed E-state index contributed by atoms with van der Waals surface area (Å²) >= 11 is 0. The summed E-state index contributed by atoms with van der Waals surface area (Å²) in [7, 11) is 0. The van der Waals surface area contributed by atoms with Gasteiger partial charge in [0.1, 0.15) is 0 Å². The third-order valence-corrected chi connectivity index (χ3v) is 2.35. The van der Waals surface area contributed by atoms with E-state index in [1.54, 1.807) is 0 Å². The summed E-state index contributed by atoms with van der Waals surface area (Å²) < 4.78 is 5.42. The number of rotatable bonds is 4. The van der Waals surface area contributed by atoms with Gasteiger partial charge in [0.05, 0.1) is 12.2 Å². The van der Waals surface area contributed by atoms with Crippen molar-refractivity contribution >= 4 is 0 Å². The van der Waals surface area contributed by atoms with Crippen LogP contribution in [0.1, 0.15) is 19.8 Å². The van der Waals surface area contributed by atoms with Crippen LogP contribution in [0.25, 0.3) is 0 Å². The van der Waals surface area contributed by atoms with Crippen LogP contribution < -0.4 is 5.32 Å². The topological polar surface area (TPSA) is 45.0 Å². The van der Waals surface area contributed by atoms with Crippen molar-refractivity contribution in [2.24, 2.45) is 5.92 Å². The smallest absolute Gasteiger partial charge is 0.0635 e. The maximum atomic E-state index is 8.30. The fourth-order valence-corrected chi connectivity index (χ4v) is 1.48. The summed E-state index contributed by atoms with van der Waals surface area (Å²) in [6, 6.07) is 2.11. The molecule has 0 aromatic carbocycles. The number of hydrogen-bond acceptors (Lipinski definition) is 3. The molecule has 1 heterocycles. The lowest BCUT2D eigenvalue weighted by Gasteiger charge is -2.13. The van der Waals surface area contributed by atoms with Gasteiger partial charge in [-0.25, -0.2) is 0 Å². The summed E-state index contributed by atoms with van der Waals surface area (Å²) in [5.41, 5.74) is 0. The van der Waals surface area contributed by atoms with E-state index in [1.165, 1.54) is 0 Å². The van der Waals surface area contributed by atoms with Crippen LogP contribution in [-0.4, -0.2) is 25.8 Å². The van der Waals surface area contributed by atoms with Gasteiger partial charge in [0.15, 0.2) is 0 Å². The minimum atomic E-state index is 0.389. The fourth-order valence-electron chi connectivity index (χ4n) is 1.48. The molecule has 1 rings (SSSR count). The van der Waals surface area contributed by atoms with Gasteiger partial charge in [-0.15, -0.1) is 0 Å². The van der Waals surface area contributed by atoms with Crippen LogP contribution in [0, 0.1) is 17.2 Å². The Hall–Kier alpha value is -0.590. The highest BCUT2D eigenvalue weighted by molar-refractivity contribution is 4.76. The minimum absolute atomic E-state index is 0.389. The molecule has 0 amide bonds. The molecule has 0 bridgehead atoms. The normalized spacial score (nSPS) is 28.7. The van der Waals surface area contributed by atoms with Gasteiger partial charge in [0.2, 0.25) is 0 Å². The third kappa shape index (κ3) is 2.80. The molecular formula is C9H16N2O. The highest BCUT2D eigenvalue weighted by Crippen LogP contribution is 2.18. The largest absolute Gasteiger partial charge is 0.378 e. The van der Waals surface area contributed by atoms with Crippen LogP contribution in [0.4, 0.5) is 0 Å². The maximum Gasteiger partial charge on any atom is 0.0635 e. The zero-order chi connectivity index (χ0) is 8.81. The molecule has 2 unspecified atom stereocenters. The summed E-state index contributed by atoms with van der Waals surface area (Å²) in [5, 5.41) is 11.6. The Bertz CT molecular complexity index is 164. The molecule has 0 aromatic heterocycles. The molecule has 1 aliphatic heterocycles. The highest BCUT2D eigenvalue weighted by Gasteiger charge is 2.23. The molecule has 0 aromatic rings. The van der Waals surface area contributed by atoms with E-state index in [-0.39, 0.29) is 0 Å². The molecule has 0 radical (unpaired) electrons. The molecule has 1 fully saturated rings. The highest BCUT2D eigenvalue weighted by atomic mass is 16.5. The molecule has 2 atom stereocenters. The van der Waals surface area contributed by atoms with Crippen molar-refractivity contribution in [1.29, 1.82) is 5.26 Å². The number of hydrogen-bond donors (Lipinski definition) is 1. The summed E-state index contributed by atoms with van der Waals surface area (Å²) in [6.45, 7) is 4.80. The zero-order valence-corrected chi connectivity index (χ0v) is 7.55. The Morgan fingerprint density at radius 1 is 1.67 bits per heavy atom. The van der Waals surface area contributed by atoms with Crippen molar-refractivity contribution in [2.45, 2.75) is 25.9 Å². The van der Waals surface area contributed by atoms with E-state index in [2.05, 4.69) is 18.3 Å².